The van der Waals surface area contributed by atoms with Gasteiger partial charge in [0, 0.05) is 0 Å². The van der Waals surface area contributed by atoms with Gasteiger partial charge in [0.2, 0.25) is 0 Å². The number of allylic oxidation sites excluding steroid dienone is 2. The van der Waals surface area contributed by atoms with Crippen molar-refractivity contribution >= 4 is 0 Å². The summed E-state index contributed by atoms with van der Waals surface area (Å²) in [5.74, 6) is 0.924. The maximum Gasteiger partial charge on any atom is 0.0654 e. The summed E-state index contributed by atoms with van der Waals surface area (Å²) >= 11 is 0. The minimum atomic E-state index is -0.793. The molecule has 0 heterocycles. The van der Waals surface area contributed by atoms with Crippen LogP contribution in [0.5, 0.6) is 0 Å². The maximum absolute atomic E-state index is 11.6. The van der Waals surface area contributed by atoms with E-state index in [2.05, 4.69) is 47.6 Å². The highest BCUT2D eigenvalue weighted by Crippen LogP contribution is 2.71. The van der Waals surface area contributed by atoms with Crippen LogP contribution in [-0.4, -0.2) is 44.3 Å². The Balaban J connectivity index is 1.64. The summed E-state index contributed by atoms with van der Waals surface area (Å²) in [6, 6.07) is 0. The first-order valence-corrected chi connectivity index (χ1v) is 13.6. The van der Waals surface area contributed by atoms with Crippen LogP contribution in [0.1, 0.15) is 99.8 Å². The molecule has 4 saturated carbocycles. The van der Waals surface area contributed by atoms with Gasteiger partial charge in [-0.3, -0.25) is 0 Å². The molecule has 4 aliphatic carbocycles. The Morgan fingerprint density at radius 2 is 1.48 bits per heavy atom. The van der Waals surface area contributed by atoms with E-state index in [1.807, 2.05) is 6.92 Å². The van der Waals surface area contributed by atoms with Gasteiger partial charge in [-0.1, -0.05) is 39.3 Å². The average molecular weight is 463 g/mol. The molecule has 4 N–H and O–H groups in total. The fourth-order valence-corrected chi connectivity index (χ4v) is 9.92. The lowest BCUT2D eigenvalue weighted by atomic mass is 9.39. The van der Waals surface area contributed by atoms with Crippen molar-refractivity contribution in [2.75, 3.05) is 0 Å². The highest BCUT2D eigenvalue weighted by Gasteiger charge is 2.68. The lowest BCUT2D eigenvalue weighted by molar-refractivity contribution is -0.241. The quantitative estimate of drug-likeness (QED) is 0.439. The van der Waals surface area contributed by atoms with Gasteiger partial charge < -0.3 is 20.4 Å². The molecule has 0 aliphatic heterocycles. The van der Waals surface area contributed by atoms with Gasteiger partial charge in [0.15, 0.2) is 0 Å². The molecule has 0 amide bonds. The molecular formula is C29H50O4. The Morgan fingerprint density at radius 1 is 0.909 bits per heavy atom. The van der Waals surface area contributed by atoms with Crippen LogP contribution in [0.2, 0.25) is 0 Å². The molecule has 0 aromatic heterocycles. The third-order valence-corrected chi connectivity index (χ3v) is 11.5. The third kappa shape index (κ3) is 3.86. The minimum absolute atomic E-state index is 0.0479. The monoisotopic (exact) mass is 462 g/mol. The molecule has 4 heteroatoms. The van der Waals surface area contributed by atoms with Gasteiger partial charge in [0.05, 0.1) is 23.9 Å². The molecule has 190 valence electrons. The molecule has 11 atom stereocenters. The van der Waals surface area contributed by atoms with Crippen molar-refractivity contribution in [2.24, 2.45) is 45.8 Å². The second kappa shape index (κ2) is 8.32. The summed E-state index contributed by atoms with van der Waals surface area (Å²) < 4.78 is 0. The molecule has 0 radical (unpaired) electrons. The molecule has 0 spiro atoms. The standard InChI is InChI=1S/C29H50O4/c1-17(2)9-8-12-29(7,33)18-10-13-27(5)19-16-22(31)25-26(3,4)23(32)11-14-28(25,6)20(19)15-21(30)24(18)27/h9,18-25,30-33H,8,10-16H2,1-7H3/t18-,19+,20-,21+,22-,23-,24-,25+,27+,28+,29-/m0/s1. The molecule has 4 fully saturated rings. The van der Waals surface area contributed by atoms with Crippen molar-refractivity contribution in [3.05, 3.63) is 11.6 Å². The van der Waals surface area contributed by atoms with Crippen LogP contribution in [0.15, 0.2) is 11.6 Å². The van der Waals surface area contributed by atoms with Gasteiger partial charge in [0.1, 0.15) is 0 Å². The molecule has 0 aromatic carbocycles. The van der Waals surface area contributed by atoms with E-state index < -0.39 is 17.8 Å². The summed E-state index contributed by atoms with van der Waals surface area (Å²) in [6.45, 7) is 15.1. The SMILES string of the molecule is CC(C)=CCC[C@](C)(O)[C@H]1CC[C@@]2(C)[C@@H]1[C@H](O)C[C@H]1[C@H]2C[C@H](O)[C@@H]2C(C)(C)[C@@H](O)CC[C@@]21C. The Labute approximate surface area is 201 Å². The summed E-state index contributed by atoms with van der Waals surface area (Å²) in [5.41, 5.74) is 0.0144. The van der Waals surface area contributed by atoms with E-state index in [9.17, 15) is 20.4 Å². The Bertz CT molecular complexity index is 768. The minimum Gasteiger partial charge on any atom is -0.393 e. The highest BCUT2D eigenvalue weighted by molar-refractivity contribution is 5.17. The lowest BCUT2D eigenvalue weighted by Crippen LogP contribution is -2.66. The molecular weight excluding hydrogens is 412 g/mol. The number of hydrogen-bond donors (Lipinski definition) is 4. The molecule has 0 bridgehead atoms. The maximum atomic E-state index is 11.6. The first-order chi connectivity index (χ1) is 15.2. The van der Waals surface area contributed by atoms with E-state index in [1.54, 1.807) is 0 Å². The van der Waals surface area contributed by atoms with Crippen molar-refractivity contribution < 1.29 is 20.4 Å². The van der Waals surface area contributed by atoms with E-state index in [1.165, 1.54) is 5.57 Å². The van der Waals surface area contributed by atoms with E-state index in [-0.39, 0.29) is 40.1 Å². The first kappa shape index (κ1) is 25.7. The van der Waals surface area contributed by atoms with Gasteiger partial charge in [-0.2, -0.15) is 0 Å². The van der Waals surface area contributed by atoms with Crippen molar-refractivity contribution in [3.63, 3.8) is 0 Å². The zero-order valence-electron chi connectivity index (χ0n) is 22.1. The first-order valence-electron chi connectivity index (χ1n) is 13.6. The van der Waals surface area contributed by atoms with Crippen molar-refractivity contribution in [2.45, 2.75) is 124 Å². The van der Waals surface area contributed by atoms with E-state index >= 15 is 0 Å². The second-order valence-corrected chi connectivity index (χ2v) is 14.0. The summed E-state index contributed by atoms with van der Waals surface area (Å²) in [6.07, 6.45) is 7.74. The topological polar surface area (TPSA) is 80.9 Å². The van der Waals surface area contributed by atoms with Crippen molar-refractivity contribution in [3.8, 4) is 0 Å². The van der Waals surface area contributed by atoms with Gasteiger partial charge >= 0.3 is 0 Å². The number of rotatable bonds is 4. The van der Waals surface area contributed by atoms with Crippen LogP contribution in [0.3, 0.4) is 0 Å². The van der Waals surface area contributed by atoms with Gasteiger partial charge in [-0.05, 0) is 118 Å². The smallest absolute Gasteiger partial charge is 0.0654 e. The average Bonchev–Trinajstić information content (AvgIpc) is 3.06. The summed E-state index contributed by atoms with van der Waals surface area (Å²) in [7, 11) is 0. The second-order valence-electron chi connectivity index (χ2n) is 14.0. The molecule has 0 unspecified atom stereocenters. The Kier molecular flexibility index (Phi) is 6.47. The fraction of sp³-hybridized carbons (Fsp3) is 0.931. The Morgan fingerprint density at radius 3 is 2.12 bits per heavy atom. The van der Waals surface area contributed by atoms with Crippen LogP contribution in [0.4, 0.5) is 0 Å². The van der Waals surface area contributed by atoms with Gasteiger partial charge in [0.25, 0.3) is 0 Å². The highest BCUT2D eigenvalue weighted by atomic mass is 16.3. The zero-order chi connectivity index (χ0) is 24.6. The largest absolute Gasteiger partial charge is 0.393 e. The normalized spacial score (nSPS) is 50.5. The predicted molar refractivity (Wildman–Crippen MR) is 132 cm³/mol. The van der Waals surface area contributed by atoms with Crippen LogP contribution < -0.4 is 0 Å². The third-order valence-electron chi connectivity index (χ3n) is 11.5. The molecule has 0 aromatic rings. The summed E-state index contributed by atoms with van der Waals surface area (Å²) in [5, 5.41) is 45.5. The van der Waals surface area contributed by atoms with Crippen LogP contribution in [0.25, 0.3) is 0 Å². The van der Waals surface area contributed by atoms with Crippen molar-refractivity contribution in [1.82, 2.24) is 0 Å². The fourth-order valence-electron chi connectivity index (χ4n) is 9.92. The van der Waals surface area contributed by atoms with E-state index in [0.717, 1.165) is 51.4 Å². The van der Waals surface area contributed by atoms with Gasteiger partial charge in [-0.25, -0.2) is 0 Å². The van der Waals surface area contributed by atoms with Crippen LogP contribution >= 0.6 is 0 Å². The zero-order valence-corrected chi connectivity index (χ0v) is 22.1. The Hall–Kier alpha value is -0.420. The number of aliphatic hydroxyl groups is 4. The molecule has 4 rings (SSSR count). The predicted octanol–water partition coefficient (Wildman–Crippen LogP) is 5.08. The van der Waals surface area contributed by atoms with Crippen LogP contribution in [-0.2, 0) is 0 Å². The van der Waals surface area contributed by atoms with Gasteiger partial charge in [-0.15, -0.1) is 0 Å². The molecule has 0 saturated heterocycles. The summed E-state index contributed by atoms with van der Waals surface area (Å²) in [4.78, 5) is 0. The van der Waals surface area contributed by atoms with E-state index in [0.29, 0.717) is 11.8 Å². The number of aliphatic hydroxyl groups excluding tert-OH is 3. The van der Waals surface area contributed by atoms with E-state index in [4.69, 9.17) is 0 Å². The molecule has 33 heavy (non-hydrogen) atoms. The van der Waals surface area contributed by atoms with Crippen LogP contribution in [0, 0.1) is 45.8 Å². The number of fused-ring (bicyclic) bond motifs is 5. The van der Waals surface area contributed by atoms with Crippen molar-refractivity contribution in [1.29, 1.82) is 0 Å². The molecule has 4 nitrogen and oxygen atoms in total. The lowest BCUT2D eigenvalue weighted by Gasteiger charge is -2.67. The number of hydrogen-bond acceptors (Lipinski definition) is 4. The molecule has 4 aliphatic rings.